The van der Waals surface area contributed by atoms with Crippen molar-refractivity contribution in [1.29, 1.82) is 0 Å². The number of nitrogens with two attached hydrogens (primary N) is 1. The molecule has 0 aliphatic carbocycles. The van der Waals surface area contributed by atoms with Gasteiger partial charge in [0.2, 0.25) is 10.0 Å². The van der Waals surface area contributed by atoms with E-state index in [0.29, 0.717) is 18.0 Å². The minimum absolute atomic E-state index is 0.185. The molecule has 0 aliphatic heterocycles. The van der Waals surface area contributed by atoms with Gasteiger partial charge in [-0.15, -0.1) is 0 Å². The predicted molar refractivity (Wildman–Crippen MR) is 75.6 cm³/mol. The lowest BCUT2D eigenvalue weighted by molar-refractivity contribution is 0.416. The molecule has 0 radical (unpaired) electrons. The molecule has 0 aromatic heterocycles. The fourth-order valence-corrected chi connectivity index (χ4v) is 3.17. The molecule has 0 saturated carbocycles. The number of methoxy groups -OCH3 is 1. The Labute approximate surface area is 112 Å². The summed E-state index contributed by atoms with van der Waals surface area (Å²) in [5.74, 6) is 1.22. The highest BCUT2D eigenvalue weighted by molar-refractivity contribution is 7.98. The highest BCUT2D eigenvalue weighted by Crippen LogP contribution is 2.25. The molecule has 0 heterocycles. The molecular weight excluding hydrogens is 272 g/mol. The summed E-state index contributed by atoms with van der Waals surface area (Å²) in [6, 6.07) is 4.48. The Morgan fingerprint density at radius 2 is 2.11 bits per heavy atom. The molecule has 1 rings (SSSR count). The topological polar surface area (TPSA) is 72.6 Å². The van der Waals surface area contributed by atoms with Crippen LogP contribution < -0.4 is 10.5 Å². The van der Waals surface area contributed by atoms with E-state index in [2.05, 4.69) is 0 Å². The summed E-state index contributed by atoms with van der Waals surface area (Å²) < 4.78 is 30.7. The first-order chi connectivity index (χ1) is 8.43. The van der Waals surface area contributed by atoms with E-state index in [1.165, 1.54) is 23.5 Å². The normalized spacial score (nSPS) is 11.8. The third kappa shape index (κ3) is 3.30. The maximum Gasteiger partial charge on any atom is 0.242 e. The summed E-state index contributed by atoms with van der Waals surface area (Å²) in [4.78, 5) is 0.185. The van der Waals surface area contributed by atoms with Gasteiger partial charge in [0, 0.05) is 19.3 Å². The number of rotatable bonds is 6. The van der Waals surface area contributed by atoms with E-state index >= 15 is 0 Å². The van der Waals surface area contributed by atoms with Crippen molar-refractivity contribution >= 4 is 27.5 Å². The van der Waals surface area contributed by atoms with E-state index in [4.69, 9.17) is 10.5 Å². The Balaban J connectivity index is 3.01. The Bertz CT molecular complexity index is 503. The lowest BCUT2D eigenvalue weighted by atomic mass is 10.3. The van der Waals surface area contributed by atoms with Gasteiger partial charge in [0.15, 0.2) is 0 Å². The number of benzene rings is 1. The zero-order valence-electron chi connectivity index (χ0n) is 10.7. The van der Waals surface area contributed by atoms with Crippen LogP contribution in [-0.2, 0) is 10.0 Å². The highest BCUT2D eigenvalue weighted by atomic mass is 32.2. The molecule has 5 nitrogen and oxygen atoms in total. The molecule has 0 amide bonds. The number of sulfonamides is 1. The van der Waals surface area contributed by atoms with Crippen molar-refractivity contribution in [2.75, 3.05) is 38.4 Å². The molecule has 2 N–H and O–H groups in total. The van der Waals surface area contributed by atoms with Crippen molar-refractivity contribution in [2.24, 2.45) is 0 Å². The Kier molecular flexibility index (Phi) is 5.30. The van der Waals surface area contributed by atoms with Gasteiger partial charge in [0.05, 0.1) is 17.7 Å². The number of nitrogens with zero attached hydrogens (tertiary/aromatic N) is 1. The van der Waals surface area contributed by atoms with Gasteiger partial charge in [-0.25, -0.2) is 12.7 Å². The van der Waals surface area contributed by atoms with Crippen LogP contribution in [0.5, 0.6) is 5.75 Å². The van der Waals surface area contributed by atoms with E-state index in [1.807, 2.05) is 6.26 Å². The minimum atomic E-state index is -3.47. The molecular formula is C11H18N2O3S2. The first kappa shape index (κ1) is 15.1. The standard InChI is InChI=1S/C11H18N2O3S2/c1-13(6-7-17-3)18(14,15)9-4-5-11(16-2)10(12)8-9/h4-5,8H,6-7,12H2,1-3H3. The van der Waals surface area contributed by atoms with E-state index < -0.39 is 10.0 Å². The van der Waals surface area contributed by atoms with E-state index in [9.17, 15) is 8.42 Å². The Morgan fingerprint density at radius 1 is 1.44 bits per heavy atom. The maximum atomic E-state index is 12.2. The largest absolute Gasteiger partial charge is 0.495 e. The Morgan fingerprint density at radius 3 is 2.61 bits per heavy atom. The second-order valence-corrected chi connectivity index (χ2v) is 6.75. The first-order valence-corrected chi connectivity index (χ1v) is 8.15. The van der Waals surface area contributed by atoms with Crippen LogP contribution in [0.4, 0.5) is 5.69 Å². The number of hydrogen-bond acceptors (Lipinski definition) is 5. The molecule has 0 spiro atoms. The van der Waals surface area contributed by atoms with Gasteiger partial charge in [-0.2, -0.15) is 11.8 Å². The second kappa shape index (κ2) is 6.31. The van der Waals surface area contributed by atoms with Crippen LogP contribution >= 0.6 is 11.8 Å². The molecule has 18 heavy (non-hydrogen) atoms. The van der Waals surface area contributed by atoms with Crippen LogP contribution in [0.25, 0.3) is 0 Å². The third-order valence-corrected chi connectivity index (χ3v) is 4.96. The molecule has 7 heteroatoms. The molecule has 0 fully saturated rings. The minimum Gasteiger partial charge on any atom is -0.495 e. The van der Waals surface area contributed by atoms with Crippen LogP contribution in [0.3, 0.4) is 0 Å². The van der Waals surface area contributed by atoms with Crippen molar-refractivity contribution < 1.29 is 13.2 Å². The van der Waals surface area contributed by atoms with Crippen LogP contribution in [0, 0.1) is 0 Å². The van der Waals surface area contributed by atoms with Gasteiger partial charge < -0.3 is 10.5 Å². The average Bonchev–Trinajstić information content (AvgIpc) is 2.35. The van der Waals surface area contributed by atoms with Crippen molar-refractivity contribution in [2.45, 2.75) is 4.90 Å². The Hall–Kier alpha value is -0.920. The highest BCUT2D eigenvalue weighted by Gasteiger charge is 2.21. The summed E-state index contributed by atoms with van der Waals surface area (Å²) >= 11 is 1.60. The molecule has 1 aromatic carbocycles. The number of thioether (sulfide) groups is 1. The van der Waals surface area contributed by atoms with Crippen LogP contribution in [0.15, 0.2) is 23.1 Å². The van der Waals surface area contributed by atoms with Crippen LogP contribution in [0.2, 0.25) is 0 Å². The molecule has 0 atom stereocenters. The zero-order chi connectivity index (χ0) is 13.8. The van der Waals surface area contributed by atoms with Crippen molar-refractivity contribution in [3.05, 3.63) is 18.2 Å². The molecule has 0 saturated heterocycles. The van der Waals surface area contributed by atoms with Crippen LogP contribution in [0.1, 0.15) is 0 Å². The summed E-state index contributed by atoms with van der Waals surface area (Å²) in [7, 11) is -0.422. The predicted octanol–water partition coefficient (Wildman–Crippen LogP) is 1.26. The van der Waals surface area contributed by atoms with Gasteiger partial charge in [0.25, 0.3) is 0 Å². The van der Waals surface area contributed by atoms with Crippen molar-refractivity contribution in [3.8, 4) is 5.75 Å². The van der Waals surface area contributed by atoms with Gasteiger partial charge in [-0.05, 0) is 24.5 Å². The third-order valence-electron chi connectivity index (χ3n) is 2.52. The maximum absolute atomic E-state index is 12.2. The smallest absolute Gasteiger partial charge is 0.242 e. The van der Waals surface area contributed by atoms with E-state index in [0.717, 1.165) is 5.75 Å². The SMILES string of the molecule is COc1ccc(S(=O)(=O)N(C)CCSC)cc1N. The summed E-state index contributed by atoms with van der Waals surface area (Å²) in [5, 5.41) is 0. The summed E-state index contributed by atoms with van der Waals surface area (Å²) in [6.07, 6.45) is 1.94. The van der Waals surface area contributed by atoms with E-state index in [1.54, 1.807) is 24.9 Å². The first-order valence-electron chi connectivity index (χ1n) is 5.32. The number of hydrogen-bond donors (Lipinski definition) is 1. The van der Waals surface area contributed by atoms with Crippen molar-refractivity contribution in [3.63, 3.8) is 0 Å². The molecule has 1 aromatic rings. The zero-order valence-corrected chi connectivity index (χ0v) is 12.3. The lowest BCUT2D eigenvalue weighted by Gasteiger charge is -2.17. The number of anilines is 1. The molecule has 0 unspecified atom stereocenters. The van der Waals surface area contributed by atoms with Gasteiger partial charge in [0.1, 0.15) is 5.75 Å². The van der Waals surface area contributed by atoms with Crippen molar-refractivity contribution in [1.82, 2.24) is 4.31 Å². The molecule has 0 aliphatic rings. The number of ether oxygens (including phenoxy) is 1. The van der Waals surface area contributed by atoms with Gasteiger partial charge in [-0.1, -0.05) is 0 Å². The fraction of sp³-hybridized carbons (Fsp3) is 0.455. The second-order valence-electron chi connectivity index (χ2n) is 3.72. The summed E-state index contributed by atoms with van der Waals surface area (Å²) in [5.41, 5.74) is 6.03. The fourth-order valence-electron chi connectivity index (χ4n) is 1.39. The lowest BCUT2D eigenvalue weighted by Crippen LogP contribution is -2.29. The summed E-state index contributed by atoms with van der Waals surface area (Å²) in [6.45, 7) is 0.468. The van der Waals surface area contributed by atoms with Gasteiger partial charge >= 0.3 is 0 Å². The van der Waals surface area contributed by atoms with Gasteiger partial charge in [-0.3, -0.25) is 0 Å². The number of nitrogen functional groups attached to an aromatic ring is 1. The quantitative estimate of drug-likeness (QED) is 0.799. The molecule has 102 valence electrons. The molecule has 0 bridgehead atoms. The van der Waals surface area contributed by atoms with Crippen LogP contribution in [-0.4, -0.2) is 45.4 Å². The average molecular weight is 290 g/mol. The van der Waals surface area contributed by atoms with E-state index in [-0.39, 0.29) is 4.90 Å². The monoisotopic (exact) mass is 290 g/mol.